The second kappa shape index (κ2) is 6.03. The van der Waals surface area contributed by atoms with Crippen molar-refractivity contribution in [3.63, 3.8) is 0 Å². The Balaban J connectivity index is 2.56. The molecule has 0 aromatic heterocycles. The summed E-state index contributed by atoms with van der Waals surface area (Å²) in [4.78, 5) is 11.9. The Morgan fingerprint density at radius 1 is 1.41 bits per heavy atom. The number of hydrogen-bond donors (Lipinski definition) is 1. The van der Waals surface area contributed by atoms with E-state index in [1.165, 1.54) is 0 Å². The van der Waals surface area contributed by atoms with E-state index in [2.05, 4.69) is 5.32 Å². The molecule has 1 aromatic carbocycles. The second-order valence-electron chi connectivity index (χ2n) is 4.10. The topological polar surface area (TPSA) is 38.3 Å². The van der Waals surface area contributed by atoms with Crippen LogP contribution >= 0.6 is 11.6 Å². The quantitative estimate of drug-likeness (QED) is 0.879. The molecule has 4 heteroatoms. The molecule has 0 saturated heterocycles. The molecule has 1 amide bonds. The Kier molecular flexibility index (Phi) is 4.97. The lowest BCUT2D eigenvalue weighted by atomic mass is 10.0. The molecule has 0 heterocycles. The Morgan fingerprint density at radius 3 is 2.47 bits per heavy atom. The molecule has 1 atom stereocenters. The molecule has 0 radical (unpaired) electrons. The third kappa shape index (κ3) is 3.72. The third-order valence-electron chi connectivity index (χ3n) is 2.97. The first-order chi connectivity index (χ1) is 8.01. The number of carbonyl (C=O) groups is 1. The van der Waals surface area contributed by atoms with Gasteiger partial charge in [0, 0.05) is 18.7 Å². The van der Waals surface area contributed by atoms with Crippen LogP contribution in [0.25, 0.3) is 0 Å². The fourth-order valence-corrected chi connectivity index (χ4v) is 1.50. The summed E-state index contributed by atoms with van der Waals surface area (Å²) in [5, 5.41) is 3.54. The molecule has 1 unspecified atom stereocenters. The van der Waals surface area contributed by atoms with Crippen LogP contribution in [0.4, 0.5) is 0 Å². The van der Waals surface area contributed by atoms with Crippen LogP contribution in [0.1, 0.15) is 25.8 Å². The van der Waals surface area contributed by atoms with Gasteiger partial charge in [-0.3, -0.25) is 4.79 Å². The summed E-state index contributed by atoms with van der Waals surface area (Å²) in [5.74, 6) is -0.0996. The van der Waals surface area contributed by atoms with Crippen molar-refractivity contribution in [3.05, 3.63) is 34.9 Å². The summed E-state index contributed by atoms with van der Waals surface area (Å²) >= 11 is 5.78. The number of amides is 1. The average Bonchev–Trinajstić information content (AvgIpc) is 2.36. The van der Waals surface area contributed by atoms with Crippen molar-refractivity contribution in [1.29, 1.82) is 0 Å². The highest BCUT2D eigenvalue weighted by molar-refractivity contribution is 6.30. The van der Waals surface area contributed by atoms with Crippen molar-refractivity contribution in [3.8, 4) is 0 Å². The Morgan fingerprint density at radius 2 is 2.00 bits per heavy atom. The molecule has 1 aromatic rings. The van der Waals surface area contributed by atoms with E-state index in [1.54, 1.807) is 26.2 Å². The standard InChI is InChI=1S/C13H18ClNO2/c1-4-13(2,17-3)12(16)15-9-10-5-7-11(14)8-6-10/h5-8H,4,9H2,1-3H3,(H,15,16). The molecule has 0 aliphatic rings. The largest absolute Gasteiger partial charge is 0.369 e. The normalized spacial score (nSPS) is 14.1. The highest BCUT2D eigenvalue weighted by Gasteiger charge is 2.30. The van der Waals surface area contributed by atoms with E-state index >= 15 is 0 Å². The first-order valence-corrected chi connectivity index (χ1v) is 5.97. The smallest absolute Gasteiger partial charge is 0.252 e. The van der Waals surface area contributed by atoms with Gasteiger partial charge in [0.2, 0.25) is 0 Å². The van der Waals surface area contributed by atoms with Crippen molar-refractivity contribution in [2.24, 2.45) is 0 Å². The summed E-state index contributed by atoms with van der Waals surface area (Å²) in [7, 11) is 1.55. The number of halogens is 1. The average molecular weight is 256 g/mol. The summed E-state index contributed by atoms with van der Waals surface area (Å²) < 4.78 is 5.22. The van der Waals surface area contributed by atoms with Gasteiger partial charge < -0.3 is 10.1 Å². The van der Waals surface area contributed by atoms with Crippen LogP contribution in [0, 0.1) is 0 Å². The molecule has 3 nitrogen and oxygen atoms in total. The van der Waals surface area contributed by atoms with Crippen LogP contribution in [0.2, 0.25) is 5.02 Å². The Labute approximate surface area is 107 Å². The number of hydrogen-bond acceptors (Lipinski definition) is 2. The van der Waals surface area contributed by atoms with Gasteiger partial charge in [-0.1, -0.05) is 30.7 Å². The molecule has 0 spiro atoms. The minimum Gasteiger partial charge on any atom is -0.369 e. The lowest BCUT2D eigenvalue weighted by Crippen LogP contribution is -2.45. The Bertz CT molecular complexity index is 372. The van der Waals surface area contributed by atoms with E-state index in [1.807, 2.05) is 19.1 Å². The SMILES string of the molecule is CCC(C)(OC)C(=O)NCc1ccc(Cl)cc1. The molecular formula is C13H18ClNO2. The van der Waals surface area contributed by atoms with Crippen molar-refractivity contribution in [2.45, 2.75) is 32.4 Å². The number of ether oxygens (including phenoxy) is 1. The molecule has 0 aliphatic carbocycles. The van der Waals surface area contributed by atoms with Gasteiger partial charge in [0.25, 0.3) is 5.91 Å². The fraction of sp³-hybridized carbons (Fsp3) is 0.462. The third-order valence-corrected chi connectivity index (χ3v) is 3.22. The first-order valence-electron chi connectivity index (χ1n) is 5.59. The lowest BCUT2D eigenvalue weighted by Gasteiger charge is -2.25. The minimum atomic E-state index is -0.758. The van der Waals surface area contributed by atoms with Gasteiger partial charge in [-0.25, -0.2) is 0 Å². The molecule has 1 N–H and O–H groups in total. The molecule has 1 rings (SSSR count). The van der Waals surface area contributed by atoms with E-state index in [9.17, 15) is 4.79 Å². The Hall–Kier alpha value is -1.06. The first kappa shape index (κ1) is 14.0. The van der Waals surface area contributed by atoms with E-state index < -0.39 is 5.60 Å². The monoisotopic (exact) mass is 255 g/mol. The van der Waals surface area contributed by atoms with E-state index in [0.717, 1.165) is 5.56 Å². The van der Waals surface area contributed by atoms with Gasteiger partial charge >= 0.3 is 0 Å². The van der Waals surface area contributed by atoms with Crippen LogP contribution < -0.4 is 5.32 Å². The predicted octanol–water partition coefficient (Wildman–Crippen LogP) is 2.77. The van der Waals surface area contributed by atoms with Gasteiger partial charge in [0.05, 0.1) is 0 Å². The highest BCUT2D eigenvalue weighted by Crippen LogP contribution is 2.14. The second-order valence-corrected chi connectivity index (χ2v) is 4.53. The molecule has 0 fully saturated rings. The summed E-state index contributed by atoms with van der Waals surface area (Å²) in [6, 6.07) is 7.38. The van der Waals surface area contributed by atoms with Crippen molar-refractivity contribution in [1.82, 2.24) is 5.32 Å². The molecule has 0 bridgehead atoms. The maximum atomic E-state index is 11.9. The van der Waals surface area contributed by atoms with E-state index in [0.29, 0.717) is 18.0 Å². The minimum absolute atomic E-state index is 0.0996. The van der Waals surface area contributed by atoms with Crippen LogP contribution in [-0.2, 0) is 16.1 Å². The molecular weight excluding hydrogens is 238 g/mol. The molecule has 17 heavy (non-hydrogen) atoms. The maximum Gasteiger partial charge on any atom is 0.252 e. The maximum absolute atomic E-state index is 11.9. The van der Waals surface area contributed by atoms with Gasteiger partial charge in [-0.15, -0.1) is 0 Å². The zero-order valence-electron chi connectivity index (χ0n) is 10.4. The highest BCUT2D eigenvalue weighted by atomic mass is 35.5. The van der Waals surface area contributed by atoms with E-state index in [-0.39, 0.29) is 5.91 Å². The van der Waals surface area contributed by atoms with Crippen LogP contribution in [0.3, 0.4) is 0 Å². The fourth-order valence-electron chi connectivity index (χ4n) is 1.37. The van der Waals surface area contributed by atoms with Crippen molar-refractivity contribution in [2.75, 3.05) is 7.11 Å². The van der Waals surface area contributed by atoms with Gasteiger partial charge in [-0.05, 0) is 31.0 Å². The lowest BCUT2D eigenvalue weighted by molar-refractivity contribution is -0.142. The van der Waals surface area contributed by atoms with Gasteiger partial charge in [-0.2, -0.15) is 0 Å². The number of methoxy groups -OCH3 is 1. The molecule has 94 valence electrons. The van der Waals surface area contributed by atoms with Crippen LogP contribution in [0.5, 0.6) is 0 Å². The van der Waals surface area contributed by atoms with Gasteiger partial charge in [0.1, 0.15) is 5.60 Å². The van der Waals surface area contributed by atoms with Gasteiger partial charge in [0.15, 0.2) is 0 Å². The van der Waals surface area contributed by atoms with Crippen molar-refractivity contribution < 1.29 is 9.53 Å². The van der Waals surface area contributed by atoms with E-state index in [4.69, 9.17) is 16.3 Å². The van der Waals surface area contributed by atoms with Crippen LogP contribution in [-0.4, -0.2) is 18.6 Å². The van der Waals surface area contributed by atoms with Crippen molar-refractivity contribution >= 4 is 17.5 Å². The zero-order chi connectivity index (χ0) is 12.9. The summed E-state index contributed by atoms with van der Waals surface area (Å²) in [6.45, 7) is 4.19. The number of nitrogens with one attached hydrogen (secondary N) is 1. The number of benzene rings is 1. The zero-order valence-corrected chi connectivity index (χ0v) is 11.2. The molecule has 0 aliphatic heterocycles. The predicted molar refractivity (Wildman–Crippen MR) is 69.0 cm³/mol. The number of carbonyl (C=O) groups excluding carboxylic acids is 1. The summed E-state index contributed by atoms with van der Waals surface area (Å²) in [5.41, 5.74) is 0.254. The summed E-state index contributed by atoms with van der Waals surface area (Å²) in [6.07, 6.45) is 0.635. The molecule has 0 saturated carbocycles. The number of rotatable bonds is 5. The van der Waals surface area contributed by atoms with Crippen LogP contribution in [0.15, 0.2) is 24.3 Å².